The standard InChI is InChI=1S/C22H27NO3S/c1-16-22(26-20-10-7-18(24)15-21(20)27-16)17-5-8-19(9-6-17)25-14-13-23-11-3-2-4-12-23/h5-10,15-16,22,24H,2-4,11-14H2,1H3/t16-,22-/m0/s1. The lowest BCUT2D eigenvalue weighted by atomic mass is 10.1. The molecule has 0 radical (unpaired) electrons. The highest BCUT2D eigenvalue weighted by Crippen LogP contribution is 2.46. The largest absolute Gasteiger partial charge is 0.508 e. The Labute approximate surface area is 165 Å². The number of phenolic OH excluding ortho intramolecular Hbond substituents is 1. The van der Waals surface area contributed by atoms with E-state index in [-0.39, 0.29) is 17.1 Å². The molecule has 2 aromatic rings. The second-order valence-corrected chi connectivity index (χ2v) is 8.73. The molecule has 4 nitrogen and oxygen atoms in total. The molecule has 0 spiro atoms. The van der Waals surface area contributed by atoms with E-state index in [0.717, 1.165) is 35.1 Å². The molecular weight excluding hydrogens is 358 g/mol. The summed E-state index contributed by atoms with van der Waals surface area (Å²) in [4.78, 5) is 3.48. The summed E-state index contributed by atoms with van der Waals surface area (Å²) < 4.78 is 12.1. The zero-order valence-corrected chi connectivity index (χ0v) is 16.6. The van der Waals surface area contributed by atoms with Crippen LogP contribution in [0, 0.1) is 0 Å². The van der Waals surface area contributed by atoms with Gasteiger partial charge in [0.05, 0.1) is 4.90 Å². The number of piperidine rings is 1. The van der Waals surface area contributed by atoms with Crippen molar-refractivity contribution < 1.29 is 14.6 Å². The van der Waals surface area contributed by atoms with E-state index in [4.69, 9.17) is 9.47 Å². The molecule has 2 aliphatic heterocycles. The minimum absolute atomic E-state index is 0.00515. The van der Waals surface area contributed by atoms with Gasteiger partial charge in [0.25, 0.3) is 0 Å². The summed E-state index contributed by atoms with van der Waals surface area (Å²) in [5, 5.41) is 9.92. The average molecular weight is 386 g/mol. The quantitative estimate of drug-likeness (QED) is 0.795. The molecule has 2 aromatic carbocycles. The first-order valence-corrected chi connectivity index (χ1v) is 10.7. The number of hydrogen-bond acceptors (Lipinski definition) is 5. The second-order valence-electron chi connectivity index (χ2n) is 7.31. The van der Waals surface area contributed by atoms with Crippen LogP contribution in [0.4, 0.5) is 0 Å². The van der Waals surface area contributed by atoms with Crippen LogP contribution in [0.5, 0.6) is 17.2 Å². The average Bonchev–Trinajstić information content (AvgIpc) is 2.69. The Bertz CT molecular complexity index is 759. The van der Waals surface area contributed by atoms with Gasteiger partial charge in [0.2, 0.25) is 0 Å². The third-order valence-corrected chi connectivity index (χ3v) is 6.45. The summed E-state index contributed by atoms with van der Waals surface area (Å²) in [7, 11) is 0. The molecule has 144 valence electrons. The topological polar surface area (TPSA) is 41.9 Å². The Morgan fingerprint density at radius 2 is 1.89 bits per heavy atom. The van der Waals surface area contributed by atoms with Crippen molar-refractivity contribution in [1.82, 2.24) is 4.90 Å². The molecule has 0 saturated carbocycles. The molecule has 27 heavy (non-hydrogen) atoms. The normalized spacial score (nSPS) is 22.7. The monoisotopic (exact) mass is 385 g/mol. The van der Waals surface area contributed by atoms with Crippen LogP contribution < -0.4 is 9.47 Å². The first-order valence-electron chi connectivity index (χ1n) is 9.80. The third-order valence-electron chi connectivity index (χ3n) is 5.25. The van der Waals surface area contributed by atoms with Gasteiger partial charge in [-0.15, -0.1) is 11.8 Å². The van der Waals surface area contributed by atoms with Gasteiger partial charge in [0.1, 0.15) is 30.0 Å². The maximum absolute atomic E-state index is 9.66. The van der Waals surface area contributed by atoms with Gasteiger partial charge in [-0.2, -0.15) is 0 Å². The first-order chi connectivity index (χ1) is 13.2. The summed E-state index contributed by atoms with van der Waals surface area (Å²) in [5.41, 5.74) is 1.15. The fraction of sp³-hybridized carbons (Fsp3) is 0.455. The van der Waals surface area contributed by atoms with Gasteiger partial charge < -0.3 is 14.6 Å². The van der Waals surface area contributed by atoms with Crippen molar-refractivity contribution >= 4 is 11.8 Å². The van der Waals surface area contributed by atoms with Crippen molar-refractivity contribution in [3.8, 4) is 17.2 Å². The number of hydrogen-bond donors (Lipinski definition) is 1. The lowest BCUT2D eigenvalue weighted by Gasteiger charge is -2.31. The smallest absolute Gasteiger partial charge is 0.136 e. The molecule has 0 aliphatic carbocycles. The Kier molecular flexibility index (Phi) is 5.79. The maximum Gasteiger partial charge on any atom is 0.136 e. The van der Waals surface area contributed by atoms with Crippen LogP contribution in [-0.4, -0.2) is 41.5 Å². The molecule has 1 fully saturated rings. The number of benzene rings is 2. The van der Waals surface area contributed by atoms with Gasteiger partial charge in [0.15, 0.2) is 0 Å². The molecule has 4 rings (SSSR count). The summed E-state index contributed by atoms with van der Waals surface area (Å²) >= 11 is 1.74. The van der Waals surface area contributed by atoms with Crippen molar-refractivity contribution in [2.45, 2.75) is 42.4 Å². The highest BCUT2D eigenvalue weighted by Gasteiger charge is 2.29. The van der Waals surface area contributed by atoms with Gasteiger partial charge in [-0.1, -0.05) is 18.6 Å². The van der Waals surface area contributed by atoms with Crippen LogP contribution in [0.15, 0.2) is 47.4 Å². The molecule has 0 unspecified atom stereocenters. The molecule has 2 atom stereocenters. The minimum Gasteiger partial charge on any atom is -0.508 e. The van der Waals surface area contributed by atoms with Crippen molar-refractivity contribution in [3.05, 3.63) is 48.0 Å². The predicted octanol–water partition coefficient (Wildman–Crippen LogP) is 4.87. The fourth-order valence-electron chi connectivity index (χ4n) is 3.75. The Hall–Kier alpha value is -1.85. The van der Waals surface area contributed by atoms with E-state index in [2.05, 4.69) is 24.0 Å². The van der Waals surface area contributed by atoms with Gasteiger partial charge >= 0.3 is 0 Å². The Balaban J connectivity index is 1.35. The van der Waals surface area contributed by atoms with Gasteiger partial charge in [-0.25, -0.2) is 0 Å². The van der Waals surface area contributed by atoms with Gasteiger partial charge in [-0.3, -0.25) is 4.90 Å². The molecule has 1 saturated heterocycles. The second kappa shape index (κ2) is 8.44. The van der Waals surface area contributed by atoms with E-state index >= 15 is 0 Å². The van der Waals surface area contributed by atoms with Crippen molar-refractivity contribution in [3.63, 3.8) is 0 Å². The van der Waals surface area contributed by atoms with E-state index in [9.17, 15) is 5.11 Å². The van der Waals surface area contributed by atoms with E-state index in [1.54, 1.807) is 23.9 Å². The van der Waals surface area contributed by atoms with Crippen LogP contribution in [0.1, 0.15) is 37.9 Å². The zero-order valence-electron chi connectivity index (χ0n) is 15.8. The van der Waals surface area contributed by atoms with Crippen LogP contribution >= 0.6 is 11.8 Å². The number of likely N-dealkylation sites (tertiary alicyclic amines) is 1. The highest BCUT2D eigenvalue weighted by atomic mass is 32.2. The molecular formula is C22H27NO3S. The lowest BCUT2D eigenvalue weighted by Crippen LogP contribution is -2.33. The zero-order chi connectivity index (χ0) is 18.6. The van der Waals surface area contributed by atoms with E-state index < -0.39 is 0 Å². The van der Waals surface area contributed by atoms with Crippen LogP contribution in [0.25, 0.3) is 0 Å². The Morgan fingerprint density at radius 1 is 1.11 bits per heavy atom. The summed E-state index contributed by atoms with van der Waals surface area (Å²) in [6.45, 7) is 6.31. The van der Waals surface area contributed by atoms with E-state index in [1.165, 1.54) is 32.4 Å². The van der Waals surface area contributed by atoms with Crippen LogP contribution in [-0.2, 0) is 0 Å². The maximum atomic E-state index is 9.66. The molecule has 2 aliphatic rings. The van der Waals surface area contributed by atoms with E-state index in [0.29, 0.717) is 0 Å². The summed E-state index contributed by atoms with van der Waals surface area (Å²) in [5.74, 6) is 2.03. The predicted molar refractivity (Wildman–Crippen MR) is 109 cm³/mol. The SMILES string of the molecule is C[C@@H]1Sc2cc(O)ccc2O[C@@H]1c1ccc(OCCN2CCCCC2)cc1. The van der Waals surface area contributed by atoms with Gasteiger partial charge in [-0.05, 0) is 68.8 Å². The molecule has 2 heterocycles. The molecule has 1 N–H and O–H groups in total. The number of aromatic hydroxyl groups is 1. The van der Waals surface area contributed by atoms with Crippen LogP contribution in [0.3, 0.4) is 0 Å². The minimum atomic E-state index is -0.00515. The number of phenols is 1. The number of rotatable bonds is 5. The number of ether oxygens (including phenoxy) is 2. The molecule has 5 heteroatoms. The molecule has 0 amide bonds. The highest BCUT2D eigenvalue weighted by molar-refractivity contribution is 8.00. The first kappa shape index (κ1) is 18.5. The number of fused-ring (bicyclic) bond motifs is 1. The number of thioether (sulfide) groups is 1. The molecule has 0 bridgehead atoms. The molecule has 0 aromatic heterocycles. The third kappa shape index (κ3) is 4.53. The van der Waals surface area contributed by atoms with Crippen LogP contribution in [0.2, 0.25) is 0 Å². The Morgan fingerprint density at radius 3 is 2.67 bits per heavy atom. The summed E-state index contributed by atoms with van der Waals surface area (Å²) in [6, 6.07) is 13.6. The fourth-order valence-corrected chi connectivity index (χ4v) is 4.91. The summed E-state index contributed by atoms with van der Waals surface area (Å²) in [6.07, 6.45) is 3.99. The van der Waals surface area contributed by atoms with Crippen molar-refractivity contribution in [2.75, 3.05) is 26.2 Å². The van der Waals surface area contributed by atoms with E-state index in [1.807, 2.05) is 18.2 Å². The van der Waals surface area contributed by atoms with Gasteiger partial charge in [0, 0.05) is 11.8 Å². The van der Waals surface area contributed by atoms with Crippen molar-refractivity contribution in [2.24, 2.45) is 0 Å². The lowest BCUT2D eigenvalue weighted by molar-refractivity contribution is 0.183. The van der Waals surface area contributed by atoms with Crippen molar-refractivity contribution in [1.29, 1.82) is 0 Å². The number of nitrogens with zero attached hydrogens (tertiary/aromatic N) is 1.